The number of hydrogen-bond donors (Lipinski definition) is 0. The van der Waals surface area contributed by atoms with E-state index in [-0.39, 0.29) is 7.55 Å². The lowest BCUT2D eigenvalue weighted by atomic mass is 10.6. The van der Waals surface area contributed by atoms with Crippen LogP contribution in [0.1, 0.15) is 13.8 Å². The quantitative estimate of drug-likeness (QED) is 0.351. The average Bonchev–Trinajstić information content (AvgIpc) is 1.36. The van der Waals surface area contributed by atoms with Crippen LogP contribution in [0.4, 0.5) is 0 Å². The molecule has 6 heavy (non-hydrogen) atoms. The molecule has 0 aromatic rings. The highest BCUT2D eigenvalue weighted by Gasteiger charge is 1.92. The summed E-state index contributed by atoms with van der Waals surface area (Å²) in [6.45, 7) is 8.08. The average molecular weight is 102 g/mol. The van der Waals surface area contributed by atoms with Gasteiger partial charge in [0.25, 0.3) is 0 Å². The Bertz CT molecular complexity index is 55.0. The Hall–Kier alpha value is 0.170. The first-order chi connectivity index (χ1) is 2.64. The fraction of sp³-hybridized carbons (Fsp3) is 0.600. The van der Waals surface area contributed by atoms with Crippen LogP contribution in [0.3, 0.4) is 0 Å². The second kappa shape index (κ2) is 2.36. The molecule has 0 aliphatic heterocycles. The Balaban J connectivity index is 3.26. The van der Waals surface area contributed by atoms with Gasteiger partial charge in [-0.05, 0) is 13.8 Å². The maximum Gasteiger partial charge on any atom is 0.0810 e. The van der Waals surface area contributed by atoms with Gasteiger partial charge in [-0.3, -0.25) is 0 Å². The third kappa shape index (κ3) is 2.41. The summed E-state index contributed by atoms with van der Waals surface area (Å²) in [6.07, 6.45) is 3.79. The van der Waals surface area contributed by atoms with Crippen LogP contribution in [0.2, 0.25) is 0 Å². The largest absolute Gasteiger partial charge is 0.129 e. The second-order valence-corrected chi connectivity index (χ2v) is 3.89. The molecule has 0 nitrogen and oxygen atoms in total. The molecule has 0 fully saturated rings. The maximum atomic E-state index is 3.79. The van der Waals surface area contributed by atoms with Crippen molar-refractivity contribution >= 4 is 13.8 Å². The smallest absolute Gasteiger partial charge is 0.0810 e. The van der Waals surface area contributed by atoms with E-state index >= 15 is 0 Å². The lowest BCUT2D eigenvalue weighted by molar-refractivity contribution is 1.11. The van der Waals surface area contributed by atoms with Crippen LogP contribution in [0.5, 0.6) is 0 Å². The lowest BCUT2D eigenvalue weighted by Crippen LogP contribution is -1.79. The molecular formula is C5H11P. The molecule has 0 saturated carbocycles. The van der Waals surface area contributed by atoms with Crippen LogP contribution in [0, 0.1) is 6.66 Å². The van der Waals surface area contributed by atoms with E-state index < -0.39 is 0 Å². The molecule has 0 aromatic heterocycles. The molecule has 0 bridgehead atoms. The molecule has 0 rings (SSSR count). The summed E-state index contributed by atoms with van der Waals surface area (Å²) in [5, 5.41) is 0. The molecule has 36 valence electrons. The maximum absolute atomic E-state index is 3.79. The Labute approximate surface area is 41.0 Å². The molecule has 0 aliphatic rings. The third-order valence-corrected chi connectivity index (χ3v) is 2.19. The van der Waals surface area contributed by atoms with Crippen molar-refractivity contribution in [1.29, 1.82) is 0 Å². The molecule has 0 spiro atoms. The highest BCUT2D eigenvalue weighted by Crippen LogP contribution is 2.22. The highest BCUT2D eigenvalue weighted by molar-refractivity contribution is 7.57. The molecule has 0 N–H and O–H groups in total. The fourth-order valence-corrected chi connectivity index (χ4v) is 0. The molecule has 0 heterocycles. The van der Waals surface area contributed by atoms with Crippen molar-refractivity contribution in [3.63, 3.8) is 0 Å². The number of hydrogen-bond acceptors (Lipinski definition) is 0. The molecule has 0 amide bonds. The van der Waals surface area contributed by atoms with E-state index in [9.17, 15) is 0 Å². The van der Waals surface area contributed by atoms with Crippen molar-refractivity contribution < 1.29 is 0 Å². The van der Waals surface area contributed by atoms with Crippen molar-refractivity contribution in [3.8, 4) is 0 Å². The van der Waals surface area contributed by atoms with E-state index in [0.29, 0.717) is 5.66 Å². The van der Waals surface area contributed by atoms with Gasteiger partial charge in [-0.2, -0.15) is 0 Å². The molecule has 1 unspecified atom stereocenters. The molecule has 1 heteroatoms. The van der Waals surface area contributed by atoms with Gasteiger partial charge in [0, 0.05) is 6.30 Å². The van der Waals surface area contributed by atoms with Gasteiger partial charge in [-0.1, -0.05) is 7.55 Å². The van der Waals surface area contributed by atoms with Crippen LogP contribution >= 0.6 is 7.55 Å². The Morgan fingerprint density at radius 3 is 1.83 bits per heavy atom. The van der Waals surface area contributed by atoms with Crippen molar-refractivity contribution in [1.82, 2.24) is 0 Å². The van der Waals surface area contributed by atoms with Crippen molar-refractivity contribution in [2.24, 2.45) is 0 Å². The van der Waals surface area contributed by atoms with Crippen LogP contribution < -0.4 is 0 Å². The lowest BCUT2D eigenvalue weighted by Gasteiger charge is -1.93. The molecule has 1 atom stereocenters. The monoisotopic (exact) mass is 102 g/mol. The minimum absolute atomic E-state index is 0.159. The Morgan fingerprint density at radius 1 is 1.67 bits per heavy atom. The standard InChI is InChI=1S/C5H11P/c1-5(2)6(3)4/h5H,3-4H2,1-2H3. The molecule has 0 aromatic carbocycles. The van der Waals surface area contributed by atoms with Gasteiger partial charge < -0.3 is 0 Å². The molecule has 0 saturated heterocycles. The van der Waals surface area contributed by atoms with E-state index in [0.717, 1.165) is 0 Å². The SMILES string of the molecule is C=[P+]([CH2-])C(C)C. The fourth-order valence-electron chi connectivity index (χ4n) is 0. The van der Waals surface area contributed by atoms with E-state index in [4.69, 9.17) is 0 Å². The van der Waals surface area contributed by atoms with Gasteiger partial charge in [0.05, 0.1) is 5.66 Å². The molecule has 0 aliphatic carbocycles. The van der Waals surface area contributed by atoms with E-state index in [1.54, 1.807) is 0 Å². The van der Waals surface area contributed by atoms with Gasteiger partial charge in [-0.25, -0.2) is 0 Å². The summed E-state index contributed by atoms with van der Waals surface area (Å²) >= 11 is 0. The predicted octanol–water partition coefficient (Wildman–Crippen LogP) is 2.10. The molecule has 0 radical (unpaired) electrons. The van der Waals surface area contributed by atoms with Gasteiger partial charge in [-0.15, -0.1) is 6.66 Å². The minimum atomic E-state index is -0.159. The zero-order valence-electron chi connectivity index (χ0n) is 4.44. The minimum Gasteiger partial charge on any atom is -0.129 e. The zero-order chi connectivity index (χ0) is 5.15. The van der Waals surface area contributed by atoms with E-state index in [1.807, 2.05) is 0 Å². The summed E-state index contributed by atoms with van der Waals surface area (Å²) in [5.41, 5.74) is 0.694. The Morgan fingerprint density at radius 2 is 1.83 bits per heavy atom. The summed E-state index contributed by atoms with van der Waals surface area (Å²) in [6, 6.07) is 0. The van der Waals surface area contributed by atoms with E-state index in [2.05, 4.69) is 26.8 Å². The highest BCUT2D eigenvalue weighted by atomic mass is 31.1. The molecular weight excluding hydrogens is 91.0 g/mol. The van der Waals surface area contributed by atoms with Gasteiger partial charge in [0.1, 0.15) is 0 Å². The van der Waals surface area contributed by atoms with Crippen molar-refractivity contribution in [2.75, 3.05) is 0 Å². The summed E-state index contributed by atoms with van der Waals surface area (Å²) in [5.74, 6) is 0. The normalized spacial score (nSPS) is 12.3. The van der Waals surface area contributed by atoms with Gasteiger partial charge in [0.15, 0.2) is 0 Å². The van der Waals surface area contributed by atoms with Crippen LogP contribution in [0.25, 0.3) is 0 Å². The van der Waals surface area contributed by atoms with Crippen molar-refractivity contribution in [2.45, 2.75) is 19.5 Å². The van der Waals surface area contributed by atoms with Crippen molar-refractivity contribution in [3.05, 3.63) is 6.66 Å². The topological polar surface area (TPSA) is 0 Å². The third-order valence-electron chi connectivity index (χ3n) is 0.730. The first-order valence-corrected chi connectivity index (χ1v) is 3.83. The van der Waals surface area contributed by atoms with Crippen LogP contribution in [-0.2, 0) is 0 Å². The Kier molecular flexibility index (Phi) is 2.43. The van der Waals surface area contributed by atoms with Gasteiger partial charge in [0.2, 0.25) is 0 Å². The second-order valence-electron chi connectivity index (χ2n) is 1.68. The first kappa shape index (κ1) is 6.17. The zero-order valence-corrected chi connectivity index (χ0v) is 5.33. The van der Waals surface area contributed by atoms with Crippen LogP contribution in [-0.4, -0.2) is 12.0 Å². The van der Waals surface area contributed by atoms with Crippen LogP contribution in [0.15, 0.2) is 0 Å². The number of rotatable bonds is 1. The summed E-state index contributed by atoms with van der Waals surface area (Å²) in [7, 11) is -0.159. The predicted molar refractivity (Wildman–Crippen MR) is 34.5 cm³/mol. The summed E-state index contributed by atoms with van der Waals surface area (Å²) in [4.78, 5) is 0. The van der Waals surface area contributed by atoms with E-state index in [1.165, 1.54) is 0 Å². The van der Waals surface area contributed by atoms with Gasteiger partial charge >= 0.3 is 0 Å². The summed E-state index contributed by atoms with van der Waals surface area (Å²) < 4.78 is 0. The first-order valence-electron chi connectivity index (χ1n) is 2.05.